The first-order valence-electron chi connectivity index (χ1n) is 9.25. The zero-order valence-electron chi connectivity index (χ0n) is 17.1. The topological polar surface area (TPSA) is 120 Å². The van der Waals surface area contributed by atoms with Crippen molar-refractivity contribution in [1.29, 1.82) is 0 Å². The number of benzene rings is 2. The molecular weight excluding hydrogens is 468 g/mol. The Morgan fingerprint density at radius 3 is 2.27 bits per heavy atom. The lowest BCUT2D eigenvalue weighted by molar-refractivity contribution is -0.171. The van der Waals surface area contributed by atoms with Crippen LogP contribution in [0.15, 0.2) is 52.2 Å². The van der Waals surface area contributed by atoms with Gasteiger partial charge in [0.25, 0.3) is 11.5 Å². The first-order chi connectivity index (χ1) is 15.3. The maximum atomic E-state index is 13.8. The van der Waals surface area contributed by atoms with Gasteiger partial charge >= 0.3 is 12.1 Å². The van der Waals surface area contributed by atoms with Crippen LogP contribution in [0.25, 0.3) is 10.9 Å². The number of carbonyl (C=O) groups excluding carboxylic acids is 2. The molecule has 0 aliphatic carbocycles. The summed E-state index contributed by atoms with van der Waals surface area (Å²) in [5.74, 6) is -3.74. The maximum absolute atomic E-state index is 13.8. The van der Waals surface area contributed by atoms with Gasteiger partial charge in [-0.3, -0.25) is 23.3 Å². The van der Waals surface area contributed by atoms with E-state index in [1.54, 1.807) is 7.05 Å². The van der Waals surface area contributed by atoms with E-state index in [1.165, 1.54) is 41.1 Å². The average Bonchev–Trinajstić information content (AvgIpc) is 2.72. The Kier molecular flexibility index (Phi) is 6.27. The van der Waals surface area contributed by atoms with Crippen molar-refractivity contribution in [3.63, 3.8) is 0 Å². The number of anilines is 2. The summed E-state index contributed by atoms with van der Waals surface area (Å²) in [7, 11) is -2.34. The zero-order chi connectivity index (χ0) is 24.6. The molecule has 33 heavy (non-hydrogen) atoms. The molecule has 0 atom stereocenters. The lowest BCUT2D eigenvalue weighted by atomic mass is 10.1. The molecule has 8 nitrogen and oxygen atoms in total. The summed E-state index contributed by atoms with van der Waals surface area (Å²) >= 11 is 0. The number of pyridine rings is 1. The molecule has 2 amide bonds. The summed E-state index contributed by atoms with van der Waals surface area (Å²) < 4.78 is 65.0. The van der Waals surface area contributed by atoms with E-state index in [4.69, 9.17) is 0 Å². The summed E-state index contributed by atoms with van der Waals surface area (Å²) in [6, 6.07) is 8.39. The fraction of sp³-hybridized carbons (Fsp3) is 0.150. The Labute approximate surface area is 184 Å². The molecule has 2 aromatic carbocycles. The van der Waals surface area contributed by atoms with E-state index in [2.05, 4.69) is 15.6 Å². The molecule has 1 heterocycles. The second kappa shape index (κ2) is 8.65. The highest BCUT2D eigenvalue weighted by Gasteiger charge is 2.40. The second-order valence-corrected chi connectivity index (χ2v) is 9.63. The fourth-order valence-electron chi connectivity index (χ4n) is 3.00. The lowest BCUT2D eigenvalue weighted by Crippen LogP contribution is -2.43. The number of rotatable bonds is 5. The molecule has 0 unspecified atom stereocenters. The predicted octanol–water partition coefficient (Wildman–Crippen LogP) is 2.56. The molecule has 0 bridgehead atoms. The number of halogens is 4. The molecular formula is C20H18F4N4O4S. The molecule has 3 aromatic rings. The van der Waals surface area contributed by atoms with E-state index in [0.29, 0.717) is 11.2 Å². The van der Waals surface area contributed by atoms with Crippen LogP contribution >= 0.6 is 0 Å². The Bertz CT molecular complexity index is 1350. The number of H-pyrrole nitrogens is 1. The van der Waals surface area contributed by atoms with Gasteiger partial charge in [0.05, 0.1) is 11.2 Å². The van der Waals surface area contributed by atoms with Crippen molar-refractivity contribution >= 4 is 44.2 Å². The quantitative estimate of drug-likeness (QED) is 0.281. The van der Waals surface area contributed by atoms with E-state index in [1.807, 2.05) is 0 Å². The molecule has 3 rings (SSSR count). The molecule has 0 radical (unpaired) electrons. The van der Waals surface area contributed by atoms with Crippen LogP contribution in [0.3, 0.4) is 0 Å². The highest BCUT2D eigenvalue weighted by atomic mass is 32.3. The van der Waals surface area contributed by atoms with E-state index < -0.39 is 39.5 Å². The average molecular weight is 486 g/mol. The molecule has 1 aromatic heterocycles. The summed E-state index contributed by atoms with van der Waals surface area (Å²) in [5.41, 5.74) is -0.262. The molecule has 4 N–H and O–H groups in total. The highest BCUT2D eigenvalue weighted by molar-refractivity contribution is 8.01. The molecule has 0 saturated heterocycles. The van der Waals surface area contributed by atoms with Gasteiger partial charge < -0.3 is 15.6 Å². The van der Waals surface area contributed by atoms with Crippen LogP contribution in [0.2, 0.25) is 0 Å². The van der Waals surface area contributed by atoms with Crippen molar-refractivity contribution in [2.24, 2.45) is 0 Å². The van der Waals surface area contributed by atoms with Crippen molar-refractivity contribution in [3.05, 3.63) is 64.2 Å². The molecule has 0 saturated carbocycles. The highest BCUT2D eigenvalue weighted by Crippen LogP contribution is 2.24. The number of amides is 2. The van der Waals surface area contributed by atoms with Crippen LogP contribution in [-0.4, -0.2) is 40.5 Å². The molecule has 0 fully saturated rings. The largest absolute Gasteiger partial charge is 0.472 e. The number of alkyl halides is 3. The van der Waals surface area contributed by atoms with Gasteiger partial charge in [-0.15, -0.1) is 0 Å². The van der Waals surface area contributed by atoms with Crippen LogP contribution in [0.1, 0.15) is 10.4 Å². The molecule has 0 aliphatic heterocycles. The summed E-state index contributed by atoms with van der Waals surface area (Å²) in [4.78, 5) is 38.5. The number of hydrogen-bond acceptors (Lipinski definition) is 5. The Balaban J connectivity index is 1.83. The van der Waals surface area contributed by atoms with E-state index >= 15 is 0 Å². The smallest absolute Gasteiger partial charge is 0.386 e. The van der Waals surface area contributed by atoms with E-state index in [0.717, 1.165) is 12.3 Å². The zero-order valence-corrected chi connectivity index (χ0v) is 18.0. The number of aromatic amines is 1. The van der Waals surface area contributed by atoms with Gasteiger partial charge in [-0.05, 0) is 52.6 Å². The van der Waals surface area contributed by atoms with E-state index in [9.17, 15) is 36.2 Å². The van der Waals surface area contributed by atoms with Crippen molar-refractivity contribution in [1.82, 2.24) is 9.71 Å². The Morgan fingerprint density at radius 1 is 1.06 bits per heavy atom. The van der Waals surface area contributed by atoms with Gasteiger partial charge in [0, 0.05) is 29.3 Å². The summed E-state index contributed by atoms with van der Waals surface area (Å²) in [6.07, 6.45) is -4.24. The number of nitrogens with one attached hydrogen (secondary N) is 4. The van der Waals surface area contributed by atoms with Crippen LogP contribution in [-0.2, 0) is 14.9 Å². The minimum Gasteiger partial charge on any atom is -0.386 e. The third-order valence-electron chi connectivity index (χ3n) is 4.62. The third-order valence-corrected chi connectivity index (χ3v) is 6.53. The fourth-order valence-corrected chi connectivity index (χ4v) is 4.36. The molecule has 13 heteroatoms. The van der Waals surface area contributed by atoms with Crippen molar-refractivity contribution in [3.8, 4) is 0 Å². The molecule has 0 aliphatic rings. The third kappa shape index (κ3) is 5.19. The monoisotopic (exact) mass is 486 g/mol. The molecule has 176 valence electrons. The second-order valence-electron chi connectivity index (χ2n) is 7.04. The minimum absolute atomic E-state index is 0.0864. The minimum atomic E-state index is -5.19. The van der Waals surface area contributed by atoms with Crippen LogP contribution in [0, 0.1) is 5.82 Å². The Morgan fingerprint density at radius 2 is 1.70 bits per heavy atom. The first kappa shape index (κ1) is 23.9. The van der Waals surface area contributed by atoms with Gasteiger partial charge in [0.2, 0.25) is 0 Å². The lowest BCUT2D eigenvalue weighted by Gasteiger charge is -2.22. The maximum Gasteiger partial charge on any atom is 0.472 e. The van der Waals surface area contributed by atoms with Crippen molar-refractivity contribution in [2.75, 3.05) is 23.9 Å². The van der Waals surface area contributed by atoms with Gasteiger partial charge in [0.15, 0.2) is 0 Å². The standard InChI is InChI=1S/C20H18F4N4O4S/c1-25-15-9-11(21)7-10-8-14(18(30)27-16(10)15)17(29)26-12-3-5-13(6-4-12)33(2,32)28-19(31)20(22,23)24/h3-9,25,33H,1-2H3,(H,26,29)(H,27,30)(H,28,31,32). The number of hydrogen-bond donors (Lipinski definition) is 5. The molecule has 0 spiro atoms. The van der Waals surface area contributed by atoms with Gasteiger partial charge in [0.1, 0.15) is 11.4 Å². The number of aromatic nitrogens is 1. The number of thiol groups is 1. The van der Waals surface area contributed by atoms with Crippen LogP contribution < -0.4 is 20.9 Å². The van der Waals surface area contributed by atoms with Gasteiger partial charge in [-0.2, -0.15) is 13.2 Å². The first-order valence-corrected chi connectivity index (χ1v) is 11.4. The van der Waals surface area contributed by atoms with Crippen molar-refractivity contribution in [2.45, 2.75) is 11.1 Å². The van der Waals surface area contributed by atoms with Gasteiger partial charge in [-0.25, -0.2) is 4.39 Å². The summed E-state index contributed by atoms with van der Waals surface area (Å²) in [5, 5.41) is 5.44. The number of fused-ring (bicyclic) bond motifs is 1. The SMILES string of the molecule is CNc1cc(F)cc2cc(C(=O)Nc3ccc([SH](C)(=O)NC(=O)C(F)(F)F)cc3)c(=O)[nH]c12. The van der Waals surface area contributed by atoms with Crippen molar-refractivity contribution < 1.29 is 31.4 Å². The van der Waals surface area contributed by atoms with E-state index in [-0.39, 0.29) is 21.5 Å². The van der Waals surface area contributed by atoms with Crippen LogP contribution in [0.4, 0.5) is 28.9 Å². The summed E-state index contributed by atoms with van der Waals surface area (Å²) in [6.45, 7) is 0. The van der Waals surface area contributed by atoms with Gasteiger partial charge in [-0.1, -0.05) is 0 Å². The normalized spacial score (nSPS) is 12.3. The predicted molar refractivity (Wildman–Crippen MR) is 116 cm³/mol. The Hall–Kier alpha value is -3.74. The van der Waals surface area contributed by atoms with Crippen LogP contribution in [0.5, 0.6) is 0 Å². The number of carbonyl (C=O) groups is 2.